The molecule has 2 heterocycles. The third kappa shape index (κ3) is 5.03. The zero-order chi connectivity index (χ0) is 37.4. The highest BCUT2D eigenvalue weighted by molar-refractivity contribution is 6.13. The number of benzene rings is 8. The molecule has 0 saturated carbocycles. The maximum Gasteiger partial charge on any atom is 0.164 e. The summed E-state index contributed by atoms with van der Waals surface area (Å²) in [6.07, 6.45) is 0. The fourth-order valence-corrected chi connectivity index (χ4v) is 8.80. The molecule has 56 heavy (non-hydrogen) atoms. The highest BCUT2D eigenvalue weighted by Crippen LogP contribution is 2.52. The monoisotopic (exact) mass is 717 g/mol. The Morgan fingerprint density at radius 2 is 0.982 bits per heavy atom. The van der Waals surface area contributed by atoms with Crippen molar-refractivity contribution in [2.75, 3.05) is 0 Å². The van der Waals surface area contributed by atoms with Crippen molar-refractivity contribution in [3.63, 3.8) is 0 Å². The first-order chi connectivity index (χ1) is 27.5. The van der Waals surface area contributed by atoms with Crippen LogP contribution in [0.25, 0.3) is 100 Å². The molecule has 0 aliphatic heterocycles. The zero-order valence-corrected chi connectivity index (χ0v) is 31.0. The second kappa shape index (κ2) is 12.4. The van der Waals surface area contributed by atoms with Crippen molar-refractivity contribution in [1.29, 1.82) is 0 Å². The van der Waals surface area contributed by atoms with E-state index in [4.69, 9.17) is 19.4 Å². The fourth-order valence-electron chi connectivity index (χ4n) is 8.80. The molecule has 264 valence electrons. The summed E-state index contributed by atoms with van der Waals surface area (Å²) in [5, 5.41) is 4.44. The minimum absolute atomic E-state index is 0.0483. The first kappa shape index (κ1) is 32.3. The Bertz CT molecular complexity index is 3100. The summed E-state index contributed by atoms with van der Waals surface area (Å²) < 4.78 is 6.48. The molecule has 10 aromatic rings. The van der Waals surface area contributed by atoms with Crippen LogP contribution in [0.5, 0.6) is 0 Å². The lowest BCUT2D eigenvalue weighted by Gasteiger charge is -2.21. The SMILES string of the molecule is CC1(C)c2ccccc2-c2c(-c3cccc4cc(-c5ccc6oc7cccc(-c8nc(-c9ccccc9)nc(-c9ccccc9)n8)c7c6c5)ccc34)cccc21. The van der Waals surface area contributed by atoms with Crippen LogP contribution < -0.4 is 0 Å². The van der Waals surface area contributed by atoms with Gasteiger partial charge in [-0.05, 0) is 79.5 Å². The van der Waals surface area contributed by atoms with E-state index in [9.17, 15) is 0 Å². The summed E-state index contributed by atoms with van der Waals surface area (Å²) in [5.41, 5.74) is 14.6. The van der Waals surface area contributed by atoms with E-state index in [0.717, 1.165) is 49.8 Å². The standard InChI is InChI=1S/C52H35N3O/c1-52(2)43-23-10-9-19-40(43)47-39(21-12-24-44(47)52)38-20-11-18-36-30-34(26-28-37(36)38)35-27-29-45-42(31-35)48-41(22-13-25-46(48)56-45)51-54-49(32-14-5-3-6-15-32)53-50(55-51)33-16-7-4-8-17-33/h3-31H,1-2H3. The zero-order valence-electron chi connectivity index (χ0n) is 31.0. The van der Waals surface area contributed by atoms with Crippen LogP contribution in [0.1, 0.15) is 25.0 Å². The van der Waals surface area contributed by atoms with Crippen molar-refractivity contribution in [2.45, 2.75) is 19.3 Å². The Morgan fingerprint density at radius 1 is 0.393 bits per heavy atom. The summed E-state index contributed by atoms with van der Waals surface area (Å²) in [4.78, 5) is 15.0. The van der Waals surface area contributed by atoms with E-state index in [2.05, 4.69) is 117 Å². The molecule has 0 N–H and O–H groups in total. The number of aromatic nitrogens is 3. The van der Waals surface area contributed by atoms with Crippen LogP contribution in [0, 0.1) is 0 Å². The Kier molecular flexibility index (Phi) is 7.17. The van der Waals surface area contributed by atoms with Crippen molar-refractivity contribution in [1.82, 2.24) is 15.0 Å². The summed E-state index contributed by atoms with van der Waals surface area (Å²) in [6.45, 7) is 4.68. The average molecular weight is 718 g/mol. The number of furan rings is 1. The first-order valence-corrected chi connectivity index (χ1v) is 19.1. The Morgan fingerprint density at radius 3 is 1.77 bits per heavy atom. The van der Waals surface area contributed by atoms with Crippen LogP contribution in [0.3, 0.4) is 0 Å². The Hall–Kier alpha value is -7.17. The molecule has 0 bridgehead atoms. The smallest absolute Gasteiger partial charge is 0.164 e. The van der Waals surface area contributed by atoms with Crippen LogP contribution in [0.15, 0.2) is 180 Å². The molecule has 11 rings (SSSR count). The molecule has 0 radical (unpaired) electrons. The van der Waals surface area contributed by atoms with Gasteiger partial charge >= 0.3 is 0 Å². The lowest BCUT2D eigenvalue weighted by atomic mass is 9.82. The largest absolute Gasteiger partial charge is 0.456 e. The second-order valence-electron chi connectivity index (χ2n) is 15.2. The fraction of sp³-hybridized carbons (Fsp3) is 0.0577. The van der Waals surface area contributed by atoms with E-state index in [-0.39, 0.29) is 5.41 Å². The maximum absolute atomic E-state index is 6.48. The lowest BCUT2D eigenvalue weighted by Crippen LogP contribution is -2.14. The van der Waals surface area contributed by atoms with Gasteiger partial charge in [0.2, 0.25) is 0 Å². The summed E-state index contributed by atoms with van der Waals surface area (Å²) >= 11 is 0. The molecule has 0 spiro atoms. The summed E-state index contributed by atoms with van der Waals surface area (Å²) in [7, 11) is 0. The number of hydrogen-bond acceptors (Lipinski definition) is 4. The van der Waals surface area contributed by atoms with Crippen molar-refractivity contribution in [3.8, 4) is 67.5 Å². The molecule has 0 amide bonds. The highest BCUT2D eigenvalue weighted by Gasteiger charge is 2.36. The van der Waals surface area contributed by atoms with E-state index >= 15 is 0 Å². The molecule has 4 nitrogen and oxygen atoms in total. The summed E-state index contributed by atoms with van der Waals surface area (Å²) in [5.74, 6) is 1.86. The minimum Gasteiger partial charge on any atom is -0.456 e. The molecule has 8 aromatic carbocycles. The van der Waals surface area contributed by atoms with Gasteiger partial charge in [0.15, 0.2) is 17.5 Å². The molecular weight excluding hydrogens is 683 g/mol. The molecule has 2 aromatic heterocycles. The van der Waals surface area contributed by atoms with Gasteiger partial charge < -0.3 is 4.42 Å². The van der Waals surface area contributed by atoms with Gasteiger partial charge in [0.25, 0.3) is 0 Å². The van der Waals surface area contributed by atoms with Gasteiger partial charge in [-0.3, -0.25) is 0 Å². The van der Waals surface area contributed by atoms with Crippen LogP contribution in [-0.2, 0) is 5.41 Å². The normalized spacial score (nSPS) is 13.0. The van der Waals surface area contributed by atoms with Gasteiger partial charge in [-0.2, -0.15) is 0 Å². The van der Waals surface area contributed by atoms with Gasteiger partial charge in [0.1, 0.15) is 11.2 Å². The third-order valence-electron chi connectivity index (χ3n) is 11.5. The quantitative estimate of drug-likeness (QED) is 0.178. The lowest BCUT2D eigenvalue weighted by molar-refractivity contribution is 0.660. The predicted molar refractivity (Wildman–Crippen MR) is 229 cm³/mol. The van der Waals surface area contributed by atoms with Crippen molar-refractivity contribution >= 4 is 32.7 Å². The number of nitrogens with zero attached hydrogens (tertiary/aromatic N) is 3. The van der Waals surface area contributed by atoms with E-state index in [1.54, 1.807) is 0 Å². The topological polar surface area (TPSA) is 51.8 Å². The first-order valence-electron chi connectivity index (χ1n) is 19.1. The summed E-state index contributed by atoms with van der Waals surface area (Å²) in [6, 6.07) is 62.0. The second-order valence-corrected chi connectivity index (χ2v) is 15.2. The van der Waals surface area contributed by atoms with Crippen LogP contribution in [-0.4, -0.2) is 15.0 Å². The van der Waals surface area contributed by atoms with Crippen LogP contribution in [0.2, 0.25) is 0 Å². The highest BCUT2D eigenvalue weighted by atomic mass is 16.3. The van der Waals surface area contributed by atoms with Crippen molar-refractivity contribution < 1.29 is 4.42 Å². The molecule has 0 fully saturated rings. The number of hydrogen-bond donors (Lipinski definition) is 0. The van der Waals surface area contributed by atoms with Crippen LogP contribution >= 0.6 is 0 Å². The molecular formula is C52H35N3O. The van der Waals surface area contributed by atoms with Gasteiger partial charge in [0.05, 0.1) is 0 Å². The molecule has 0 saturated heterocycles. The van der Waals surface area contributed by atoms with Crippen molar-refractivity contribution in [2.24, 2.45) is 0 Å². The van der Waals surface area contributed by atoms with E-state index in [1.165, 1.54) is 44.2 Å². The Balaban J connectivity index is 1.05. The van der Waals surface area contributed by atoms with E-state index < -0.39 is 0 Å². The average Bonchev–Trinajstić information content (AvgIpc) is 3.75. The minimum atomic E-state index is -0.0483. The molecule has 0 unspecified atom stereocenters. The van der Waals surface area contributed by atoms with Gasteiger partial charge in [-0.25, -0.2) is 15.0 Å². The molecule has 0 atom stereocenters. The maximum atomic E-state index is 6.48. The Labute approximate surface area is 324 Å². The predicted octanol–water partition coefficient (Wildman–Crippen LogP) is 13.6. The van der Waals surface area contributed by atoms with E-state index in [1.807, 2.05) is 72.8 Å². The van der Waals surface area contributed by atoms with Gasteiger partial charge in [-0.1, -0.05) is 166 Å². The molecule has 1 aliphatic carbocycles. The number of rotatable bonds is 5. The third-order valence-corrected chi connectivity index (χ3v) is 11.5. The van der Waals surface area contributed by atoms with E-state index in [0.29, 0.717) is 17.5 Å². The number of fused-ring (bicyclic) bond motifs is 7. The van der Waals surface area contributed by atoms with Gasteiger partial charge in [0, 0.05) is 32.9 Å². The van der Waals surface area contributed by atoms with Gasteiger partial charge in [-0.15, -0.1) is 0 Å². The van der Waals surface area contributed by atoms with Crippen LogP contribution in [0.4, 0.5) is 0 Å². The van der Waals surface area contributed by atoms with Crippen molar-refractivity contribution in [3.05, 3.63) is 187 Å². The molecule has 4 heteroatoms. The molecule has 1 aliphatic rings.